The second-order valence-corrected chi connectivity index (χ2v) is 5.53. The average Bonchev–Trinajstić information content (AvgIpc) is 2.58. The Bertz CT molecular complexity index is 837. The first-order chi connectivity index (χ1) is 12.5. The molecule has 0 atom stereocenters. The zero-order valence-electron chi connectivity index (χ0n) is 14.8. The van der Waals surface area contributed by atoms with Gasteiger partial charge in [-0.25, -0.2) is 4.79 Å². The Morgan fingerprint density at radius 1 is 1.00 bits per heavy atom. The third-order valence-corrected chi connectivity index (χ3v) is 3.20. The minimum atomic E-state index is -0.311. The number of rotatable bonds is 5. The van der Waals surface area contributed by atoms with Crippen molar-refractivity contribution in [3.8, 4) is 17.6 Å². The number of ether oxygens (including phenoxy) is 1. The summed E-state index contributed by atoms with van der Waals surface area (Å²) in [5.74, 6) is 6.10. The van der Waals surface area contributed by atoms with Gasteiger partial charge in [-0.3, -0.25) is 4.79 Å². The number of carbonyl (C=O) groups excluding carboxylic acids is 2. The first kappa shape index (κ1) is 18.9. The van der Waals surface area contributed by atoms with Crippen LogP contribution in [-0.2, 0) is 4.79 Å². The third-order valence-electron chi connectivity index (χ3n) is 3.20. The lowest BCUT2D eigenvalue weighted by Crippen LogP contribution is -2.28. The SMILES string of the molecule is CC(=O)Nc1cccc(OCC#CCNC(=O)Nc2cccc(C)c2)c1. The van der Waals surface area contributed by atoms with E-state index in [1.54, 1.807) is 24.3 Å². The summed E-state index contributed by atoms with van der Waals surface area (Å²) >= 11 is 0. The van der Waals surface area contributed by atoms with Crippen LogP contribution in [0, 0.1) is 18.8 Å². The van der Waals surface area contributed by atoms with E-state index in [1.807, 2.05) is 31.2 Å². The van der Waals surface area contributed by atoms with E-state index in [0.717, 1.165) is 11.3 Å². The fraction of sp³-hybridized carbons (Fsp3) is 0.200. The van der Waals surface area contributed by atoms with Gasteiger partial charge in [-0.2, -0.15) is 0 Å². The van der Waals surface area contributed by atoms with Crippen LogP contribution < -0.4 is 20.7 Å². The number of carbonyl (C=O) groups is 2. The first-order valence-corrected chi connectivity index (χ1v) is 8.10. The zero-order valence-corrected chi connectivity index (χ0v) is 14.8. The van der Waals surface area contributed by atoms with Crippen LogP contribution in [0.25, 0.3) is 0 Å². The predicted octanol–water partition coefficient (Wildman–Crippen LogP) is 3.16. The summed E-state index contributed by atoms with van der Waals surface area (Å²) in [7, 11) is 0. The van der Waals surface area contributed by atoms with Crippen LogP contribution >= 0.6 is 0 Å². The van der Waals surface area contributed by atoms with Crippen LogP contribution in [0.2, 0.25) is 0 Å². The number of nitrogens with one attached hydrogen (secondary N) is 3. The smallest absolute Gasteiger partial charge is 0.319 e. The van der Waals surface area contributed by atoms with Crippen molar-refractivity contribution >= 4 is 23.3 Å². The van der Waals surface area contributed by atoms with Crippen LogP contribution in [0.1, 0.15) is 12.5 Å². The maximum Gasteiger partial charge on any atom is 0.319 e. The Kier molecular flexibility index (Phi) is 7.07. The summed E-state index contributed by atoms with van der Waals surface area (Å²) in [6.45, 7) is 3.80. The van der Waals surface area contributed by atoms with Gasteiger partial charge < -0.3 is 20.7 Å². The highest BCUT2D eigenvalue weighted by Crippen LogP contribution is 2.17. The Morgan fingerprint density at radius 3 is 2.46 bits per heavy atom. The molecule has 2 rings (SSSR count). The molecule has 6 nitrogen and oxygen atoms in total. The van der Waals surface area contributed by atoms with E-state index in [9.17, 15) is 9.59 Å². The molecule has 0 radical (unpaired) electrons. The Hall–Kier alpha value is -3.46. The van der Waals surface area contributed by atoms with E-state index in [2.05, 4.69) is 27.8 Å². The summed E-state index contributed by atoms with van der Waals surface area (Å²) in [6, 6.07) is 14.3. The van der Waals surface area contributed by atoms with Crippen molar-refractivity contribution in [2.24, 2.45) is 0 Å². The highest BCUT2D eigenvalue weighted by atomic mass is 16.5. The molecule has 0 bridgehead atoms. The van der Waals surface area contributed by atoms with Crippen molar-refractivity contribution in [3.63, 3.8) is 0 Å². The number of amides is 3. The third kappa shape index (κ3) is 6.97. The van der Waals surface area contributed by atoms with Gasteiger partial charge in [0.05, 0.1) is 6.54 Å². The second kappa shape index (κ2) is 9.74. The molecule has 0 aliphatic rings. The molecule has 6 heteroatoms. The van der Waals surface area contributed by atoms with Gasteiger partial charge >= 0.3 is 6.03 Å². The molecule has 0 saturated heterocycles. The normalized spacial score (nSPS) is 9.46. The molecule has 134 valence electrons. The summed E-state index contributed by atoms with van der Waals surface area (Å²) in [4.78, 5) is 22.8. The molecular weight excluding hydrogens is 330 g/mol. The number of aryl methyl sites for hydroxylation is 1. The Labute approximate surface area is 152 Å². The fourth-order valence-corrected chi connectivity index (χ4v) is 2.12. The van der Waals surface area contributed by atoms with Gasteiger partial charge in [0.25, 0.3) is 0 Å². The lowest BCUT2D eigenvalue weighted by molar-refractivity contribution is -0.114. The van der Waals surface area contributed by atoms with Gasteiger partial charge in [-0.1, -0.05) is 30.0 Å². The fourth-order valence-electron chi connectivity index (χ4n) is 2.12. The van der Waals surface area contributed by atoms with Crippen molar-refractivity contribution in [1.29, 1.82) is 0 Å². The van der Waals surface area contributed by atoms with Crippen LogP contribution in [0.4, 0.5) is 16.2 Å². The molecule has 0 aliphatic carbocycles. The predicted molar refractivity (Wildman–Crippen MR) is 102 cm³/mol. The molecule has 26 heavy (non-hydrogen) atoms. The quantitative estimate of drug-likeness (QED) is 0.724. The van der Waals surface area contributed by atoms with Crippen molar-refractivity contribution < 1.29 is 14.3 Å². The largest absolute Gasteiger partial charge is 0.481 e. The monoisotopic (exact) mass is 351 g/mol. The number of urea groups is 1. The lowest BCUT2D eigenvalue weighted by Gasteiger charge is -2.06. The van der Waals surface area contributed by atoms with Crippen molar-refractivity contribution in [1.82, 2.24) is 5.32 Å². The van der Waals surface area contributed by atoms with E-state index in [-0.39, 0.29) is 25.1 Å². The molecule has 0 fully saturated rings. The van der Waals surface area contributed by atoms with Gasteiger partial charge in [0.15, 0.2) is 0 Å². The van der Waals surface area contributed by atoms with E-state index in [0.29, 0.717) is 11.4 Å². The summed E-state index contributed by atoms with van der Waals surface area (Å²) < 4.78 is 5.49. The van der Waals surface area contributed by atoms with Crippen LogP contribution in [0.3, 0.4) is 0 Å². The van der Waals surface area contributed by atoms with Crippen molar-refractivity contribution in [3.05, 3.63) is 54.1 Å². The highest BCUT2D eigenvalue weighted by molar-refractivity contribution is 5.89. The number of benzene rings is 2. The molecule has 0 unspecified atom stereocenters. The summed E-state index contributed by atoms with van der Waals surface area (Å²) in [6.07, 6.45) is 0. The van der Waals surface area contributed by atoms with Crippen molar-refractivity contribution in [2.45, 2.75) is 13.8 Å². The van der Waals surface area contributed by atoms with Gasteiger partial charge in [0.1, 0.15) is 12.4 Å². The average molecular weight is 351 g/mol. The Balaban J connectivity index is 1.70. The molecule has 3 N–H and O–H groups in total. The lowest BCUT2D eigenvalue weighted by atomic mass is 10.2. The maximum absolute atomic E-state index is 11.7. The van der Waals surface area contributed by atoms with Gasteiger partial charge in [-0.15, -0.1) is 0 Å². The summed E-state index contributed by atoms with van der Waals surface area (Å²) in [5.41, 5.74) is 2.47. The minimum absolute atomic E-state index is 0.142. The Morgan fingerprint density at radius 2 is 1.73 bits per heavy atom. The first-order valence-electron chi connectivity index (χ1n) is 8.10. The van der Waals surface area contributed by atoms with E-state index < -0.39 is 0 Å². The molecule has 0 aromatic heterocycles. The maximum atomic E-state index is 11.7. The molecule has 0 aliphatic heterocycles. The topological polar surface area (TPSA) is 79.5 Å². The minimum Gasteiger partial charge on any atom is -0.481 e. The molecule has 2 aromatic rings. The highest BCUT2D eigenvalue weighted by Gasteiger charge is 2.00. The molecule has 0 spiro atoms. The number of anilines is 2. The molecule has 0 saturated carbocycles. The van der Waals surface area contributed by atoms with Crippen molar-refractivity contribution in [2.75, 3.05) is 23.8 Å². The van der Waals surface area contributed by atoms with E-state index in [4.69, 9.17) is 4.74 Å². The van der Waals surface area contributed by atoms with Gasteiger partial charge in [0, 0.05) is 24.4 Å². The summed E-state index contributed by atoms with van der Waals surface area (Å²) in [5, 5.41) is 8.07. The molecule has 3 amide bonds. The standard InChI is InChI=1S/C20H21N3O3/c1-15-7-5-8-17(13-15)23-20(25)21-11-3-4-12-26-19-10-6-9-18(14-19)22-16(2)24/h5-10,13-14H,11-12H2,1-2H3,(H,22,24)(H2,21,23,25). The van der Waals surface area contributed by atoms with Crippen LogP contribution in [0.5, 0.6) is 5.75 Å². The molecule has 0 heterocycles. The van der Waals surface area contributed by atoms with Crippen LogP contribution in [-0.4, -0.2) is 25.1 Å². The van der Waals surface area contributed by atoms with Gasteiger partial charge in [-0.05, 0) is 36.8 Å². The second-order valence-electron chi connectivity index (χ2n) is 5.53. The van der Waals surface area contributed by atoms with Crippen LogP contribution in [0.15, 0.2) is 48.5 Å². The van der Waals surface area contributed by atoms with Gasteiger partial charge in [0.2, 0.25) is 5.91 Å². The molecular formula is C20H21N3O3. The van der Waals surface area contributed by atoms with E-state index >= 15 is 0 Å². The molecule has 2 aromatic carbocycles. The van der Waals surface area contributed by atoms with E-state index in [1.165, 1.54) is 6.92 Å². The number of hydrogen-bond donors (Lipinski definition) is 3. The number of hydrogen-bond acceptors (Lipinski definition) is 3. The zero-order chi connectivity index (χ0) is 18.8.